The molecule has 0 fully saturated rings. The van der Waals surface area contributed by atoms with Gasteiger partial charge in [-0.3, -0.25) is 0 Å². The molecule has 198 valence electrons. The average molecular weight is 477 g/mol. The van der Waals surface area contributed by atoms with Gasteiger partial charge in [-0.15, -0.1) is 0 Å². The Morgan fingerprint density at radius 3 is 1.65 bits per heavy atom. The number of ether oxygens (including phenoxy) is 2. The summed E-state index contributed by atoms with van der Waals surface area (Å²) in [5.41, 5.74) is 3.89. The van der Waals surface area contributed by atoms with Gasteiger partial charge in [0.25, 0.3) is 0 Å². The van der Waals surface area contributed by atoms with Crippen molar-refractivity contribution in [2.45, 2.75) is 132 Å². The molecule has 0 radical (unpaired) electrons. The fraction of sp³-hybridized carbons (Fsp3) is 0.806. The molecule has 1 N–H and O–H groups in total. The van der Waals surface area contributed by atoms with Gasteiger partial charge in [0.2, 0.25) is 0 Å². The Balaban J connectivity index is 2.47. The lowest BCUT2D eigenvalue weighted by atomic mass is 9.86. The predicted octanol–water partition coefficient (Wildman–Crippen LogP) is 8.75. The average Bonchev–Trinajstić information content (AvgIpc) is 2.75. The van der Waals surface area contributed by atoms with Gasteiger partial charge in [0, 0.05) is 5.56 Å². The highest BCUT2D eigenvalue weighted by Gasteiger charge is 2.24. The van der Waals surface area contributed by atoms with Crippen LogP contribution >= 0.6 is 0 Å². The molecule has 34 heavy (non-hydrogen) atoms. The lowest BCUT2D eigenvalue weighted by Crippen LogP contribution is -2.25. The molecule has 0 heterocycles. The lowest BCUT2D eigenvalue weighted by Gasteiger charge is -2.26. The molecule has 0 aliphatic heterocycles. The molecule has 0 saturated heterocycles. The van der Waals surface area contributed by atoms with Gasteiger partial charge < -0.3 is 14.6 Å². The molecule has 0 aliphatic carbocycles. The van der Waals surface area contributed by atoms with Crippen molar-refractivity contribution in [1.29, 1.82) is 0 Å². The maximum absolute atomic E-state index is 11.1. The Bertz CT molecular complexity index is 720. The first-order valence-electron chi connectivity index (χ1n) is 13.9. The van der Waals surface area contributed by atoms with Crippen molar-refractivity contribution >= 4 is 0 Å². The van der Waals surface area contributed by atoms with E-state index in [1.54, 1.807) is 14.2 Å². The van der Waals surface area contributed by atoms with Crippen LogP contribution in [-0.4, -0.2) is 24.9 Å². The normalized spacial score (nSPS) is 15.3. The molecule has 0 spiro atoms. The quantitative estimate of drug-likeness (QED) is 0.244. The minimum atomic E-state index is -0.659. The number of hydrogen-bond donors (Lipinski definition) is 1. The van der Waals surface area contributed by atoms with E-state index in [4.69, 9.17) is 9.47 Å². The molecule has 1 rings (SSSR count). The molecular weight excluding hydrogens is 420 g/mol. The van der Waals surface area contributed by atoms with E-state index >= 15 is 0 Å². The zero-order chi connectivity index (χ0) is 25.9. The number of hydrogen-bond acceptors (Lipinski definition) is 3. The number of rotatable bonds is 17. The third-order valence-electron chi connectivity index (χ3n) is 7.92. The fourth-order valence-corrected chi connectivity index (χ4v) is 5.37. The van der Waals surface area contributed by atoms with Gasteiger partial charge in [-0.2, -0.15) is 0 Å². The second kappa shape index (κ2) is 15.0. The van der Waals surface area contributed by atoms with Crippen molar-refractivity contribution in [1.82, 2.24) is 0 Å². The first kappa shape index (κ1) is 30.8. The summed E-state index contributed by atoms with van der Waals surface area (Å²) >= 11 is 0. The Kier molecular flexibility index (Phi) is 13.6. The van der Waals surface area contributed by atoms with Crippen molar-refractivity contribution < 1.29 is 14.6 Å². The van der Waals surface area contributed by atoms with Crippen LogP contribution in [0.2, 0.25) is 0 Å². The molecule has 0 unspecified atom stereocenters. The largest absolute Gasteiger partial charge is 0.496 e. The number of methoxy groups -OCH3 is 2. The van der Waals surface area contributed by atoms with Crippen LogP contribution in [0.4, 0.5) is 0 Å². The second-order valence-corrected chi connectivity index (χ2v) is 11.8. The number of benzene rings is 1. The molecule has 1 aromatic rings. The van der Waals surface area contributed by atoms with E-state index in [2.05, 4.69) is 48.5 Å². The molecule has 3 nitrogen and oxygen atoms in total. The molecule has 0 saturated carbocycles. The maximum atomic E-state index is 11.1. The van der Waals surface area contributed by atoms with Crippen LogP contribution in [0.15, 0.2) is 0 Å². The summed E-state index contributed by atoms with van der Waals surface area (Å²) in [4.78, 5) is 0. The Labute approximate surface area is 212 Å². The monoisotopic (exact) mass is 476 g/mol. The van der Waals surface area contributed by atoms with Crippen molar-refractivity contribution in [3.63, 3.8) is 0 Å². The lowest BCUT2D eigenvalue weighted by molar-refractivity contribution is 0.0384. The number of aliphatic hydroxyl groups is 1. The van der Waals surface area contributed by atoms with Gasteiger partial charge in [0.05, 0.1) is 19.8 Å². The van der Waals surface area contributed by atoms with E-state index in [1.165, 1.54) is 50.5 Å². The molecule has 0 aromatic heterocycles. The van der Waals surface area contributed by atoms with Crippen molar-refractivity contribution in [3.8, 4) is 11.5 Å². The summed E-state index contributed by atoms with van der Waals surface area (Å²) in [6, 6.07) is 0. The van der Waals surface area contributed by atoms with E-state index < -0.39 is 5.60 Å². The van der Waals surface area contributed by atoms with Crippen LogP contribution < -0.4 is 9.47 Å². The van der Waals surface area contributed by atoms with E-state index in [-0.39, 0.29) is 0 Å². The summed E-state index contributed by atoms with van der Waals surface area (Å²) in [7, 11) is 3.47. The molecule has 3 atom stereocenters. The molecular formula is C31H56O3. The van der Waals surface area contributed by atoms with Crippen LogP contribution in [0.3, 0.4) is 0 Å². The van der Waals surface area contributed by atoms with E-state index in [0.29, 0.717) is 0 Å². The van der Waals surface area contributed by atoms with Crippen LogP contribution in [-0.2, 0) is 6.42 Å². The van der Waals surface area contributed by atoms with E-state index in [1.807, 2.05) is 6.92 Å². The van der Waals surface area contributed by atoms with Crippen molar-refractivity contribution in [3.05, 3.63) is 22.3 Å². The van der Waals surface area contributed by atoms with Gasteiger partial charge in [-0.25, -0.2) is 0 Å². The van der Waals surface area contributed by atoms with Crippen molar-refractivity contribution in [2.24, 2.45) is 17.8 Å². The SMILES string of the molecule is COc1c(C)c(C)c(OC)c(CC[C@](C)(O)CCC[C@H](C)CCC[C@H](C)CCCC(C)C)c1C. The van der Waals surface area contributed by atoms with Crippen LogP contribution in [0.5, 0.6) is 11.5 Å². The fourth-order valence-electron chi connectivity index (χ4n) is 5.37. The molecule has 0 bridgehead atoms. The highest BCUT2D eigenvalue weighted by Crippen LogP contribution is 2.39. The topological polar surface area (TPSA) is 38.7 Å². The molecule has 3 heteroatoms. The summed E-state index contributed by atoms with van der Waals surface area (Å²) in [6.07, 6.45) is 12.8. The van der Waals surface area contributed by atoms with Gasteiger partial charge >= 0.3 is 0 Å². The summed E-state index contributed by atoms with van der Waals surface area (Å²) in [5, 5.41) is 11.1. The standard InChI is InChI=1S/C31H56O3/c1-22(2)14-11-15-23(3)16-12-17-24(4)18-13-20-31(8,32)21-19-28-27(7)29(33-9)25(5)26(6)30(28)34-10/h22-24,32H,11-21H2,1-10H3/t23-,24-,31-/m1/s1. The minimum Gasteiger partial charge on any atom is -0.496 e. The van der Waals surface area contributed by atoms with Crippen LogP contribution in [0.1, 0.15) is 121 Å². The van der Waals surface area contributed by atoms with Crippen LogP contribution in [0.25, 0.3) is 0 Å². The Hall–Kier alpha value is -1.22. The van der Waals surface area contributed by atoms with Crippen molar-refractivity contribution in [2.75, 3.05) is 14.2 Å². The third-order valence-corrected chi connectivity index (χ3v) is 7.92. The van der Waals surface area contributed by atoms with Gasteiger partial charge in [0.15, 0.2) is 0 Å². The molecule has 1 aromatic carbocycles. The third kappa shape index (κ3) is 10.2. The highest BCUT2D eigenvalue weighted by atomic mass is 16.5. The first-order chi connectivity index (χ1) is 15.9. The Morgan fingerprint density at radius 1 is 0.676 bits per heavy atom. The zero-order valence-electron chi connectivity index (χ0n) is 24.3. The van der Waals surface area contributed by atoms with Crippen LogP contribution in [0, 0.1) is 38.5 Å². The summed E-state index contributed by atoms with van der Waals surface area (Å²) in [5.74, 6) is 4.31. The molecule has 0 aliphatic rings. The van der Waals surface area contributed by atoms with Gasteiger partial charge in [-0.1, -0.05) is 79.1 Å². The van der Waals surface area contributed by atoms with Gasteiger partial charge in [0.1, 0.15) is 11.5 Å². The van der Waals surface area contributed by atoms with E-state index in [0.717, 1.165) is 71.6 Å². The van der Waals surface area contributed by atoms with Gasteiger partial charge in [-0.05, 0) is 81.4 Å². The highest BCUT2D eigenvalue weighted by molar-refractivity contribution is 5.58. The summed E-state index contributed by atoms with van der Waals surface area (Å²) < 4.78 is 11.4. The van der Waals surface area contributed by atoms with E-state index in [9.17, 15) is 5.11 Å². The second-order valence-electron chi connectivity index (χ2n) is 11.8. The maximum Gasteiger partial charge on any atom is 0.125 e. The molecule has 0 amide bonds. The smallest absolute Gasteiger partial charge is 0.125 e. The summed E-state index contributed by atoms with van der Waals surface area (Å²) in [6.45, 7) is 17.7. The predicted molar refractivity (Wildman–Crippen MR) is 147 cm³/mol. The zero-order valence-corrected chi connectivity index (χ0v) is 24.3. The minimum absolute atomic E-state index is 0.659. The Morgan fingerprint density at radius 2 is 1.15 bits per heavy atom. The first-order valence-corrected chi connectivity index (χ1v) is 13.9.